The number of aliphatic hydroxyl groups excluding tert-OH is 1. The van der Waals surface area contributed by atoms with E-state index >= 15 is 0 Å². The fourth-order valence-electron chi connectivity index (χ4n) is 2.52. The van der Waals surface area contributed by atoms with Crippen molar-refractivity contribution < 1.29 is 9.90 Å². The van der Waals surface area contributed by atoms with Crippen LogP contribution >= 0.6 is 0 Å². The molecule has 0 aromatic heterocycles. The zero-order valence-corrected chi connectivity index (χ0v) is 11.3. The first-order valence-corrected chi connectivity index (χ1v) is 7.04. The highest BCUT2D eigenvalue weighted by atomic mass is 16.3. The average Bonchev–Trinajstić information content (AvgIpc) is 2.57. The van der Waals surface area contributed by atoms with Gasteiger partial charge >= 0.3 is 0 Å². The fraction of sp³-hybridized carbons (Fsp3) is 0.929. The number of nitrogens with one attached hydrogen (secondary N) is 1. The van der Waals surface area contributed by atoms with Gasteiger partial charge in [0.05, 0.1) is 0 Å². The van der Waals surface area contributed by atoms with E-state index in [0.29, 0.717) is 6.42 Å². The molecule has 3 nitrogen and oxygen atoms in total. The topological polar surface area (TPSA) is 49.3 Å². The van der Waals surface area contributed by atoms with Crippen molar-refractivity contribution >= 4 is 5.91 Å². The highest BCUT2D eigenvalue weighted by molar-refractivity contribution is 5.79. The zero-order chi connectivity index (χ0) is 12.7. The molecular weight excluding hydrogens is 214 g/mol. The molecular formula is C14H27NO2. The summed E-state index contributed by atoms with van der Waals surface area (Å²) in [6.45, 7) is 4.22. The van der Waals surface area contributed by atoms with Crippen LogP contribution in [0.4, 0.5) is 0 Å². The van der Waals surface area contributed by atoms with Gasteiger partial charge < -0.3 is 10.4 Å². The number of aliphatic hydroxyl groups is 1. The van der Waals surface area contributed by atoms with Crippen LogP contribution in [0, 0.1) is 5.92 Å². The van der Waals surface area contributed by atoms with Crippen molar-refractivity contribution in [2.45, 2.75) is 70.8 Å². The van der Waals surface area contributed by atoms with Gasteiger partial charge in [-0.15, -0.1) is 0 Å². The number of hydrogen-bond donors (Lipinski definition) is 2. The Morgan fingerprint density at radius 1 is 1.29 bits per heavy atom. The molecule has 0 spiro atoms. The largest absolute Gasteiger partial charge is 0.396 e. The molecule has 0 aromatic rings. The molecule has 1 unspecified atom stereocenters. The van der Waals surface area contributed by atoms with Crippen LogP contribution in [0.25, 0.3) is 0 Å². The third kappa shape index (κ3) is 4.66. The van der Waals surface area contributed by atoms with E-state index in [9.17, 15) is 4.79 Å². The minimum atomic E-state index is -0.238. The van der Waals surface area contributed by atoms with Crippen molar-refractivity contribution in [3.63, 3.8) is 0 Å². The SMILES string of the molecule is CCC(C)(CCO)NC(=O)C1CCCCCC1. The van der Waals surface area contributed by atoms with Crippen LogP contribution in [-0.4, -0.2) is 23.2 Å². The van der Waals surface area contributed by atoms with Crippen molar-refractivity contribution in [1.82, 2.24) is 5.32 Å². The predicted molar refractivity (Wildman–Crippen MR) is 69.7 cm³/mol. The monoisotopic (exact) mass is 241 g/mol. The summed E-state index contributed by atoms with van der Waals surface area (Å²) in [5.41, 5.74) is -0.238. The molecule has 0 saturated heterocycles. The number of carbonyl (C=O) groups is 1. The second kappa shape index (κ2) is 7.00. The Morgan fingerprint density at radius 3 is 2.35 bits per heavy atom. The maximum Gasteiger partial charge on any atom is 0.223 e. The van der Waals surface area contributed by atoms with Gasteiger partial charge in [0.2, 0.25) is 5.91 Å². The van der Waals surface area contributed by atoms with Crippen LogP contribution in [0.5, 0.6) is 0 Å². The molecule has 1 aliphatic rings. The molecule has 0 bridgehead atoms. The first kappa shape index (κ1) is 14.5. The minimum Gasteiger partial charge on any atom is -0.396 e. The lowest BCUT2D eigenvalue weighted by Gasteiger charge is -2.31. The molecule has 100 valence electrons. The summed E-state index contributed by atoms with van der Waals surface area (Å²) < 4.78 is 0. The molecule has 0 aliphatic heterocycles. The van der Waals surface area contributed by atoms with Gasteiger partial charge in [0, 0.05) is 18.1 Å². The van der Waals surface area contributed by atoms with E-state index in [1.165, 1.54) is 25.7 Å². The molecule has 0 aromatic carbocycles. The van der Waals surface area contributed by atoms with Crippen LogP contribution < -0.4 is 5.32 Å². The van der Waals surface area contributed by atoms with Gasteiger partial charge in [0.15, 0.2) is 0 Å². The fourth-order valence-corrected chi connectivity index (χ4v) is 2.52. The van der Waals surface area contributed by atoms with Crippen molar-refractivity contribution in [3.05, 3.63) is 0 Å². The first-order chi connectivity index (χ1) is 8.11. The Morgan fingerprint density at radius 2 is 1.88 bits per heavy atom. The number of carbonyl (C=O) groups excluding carboxylic acids is 1. The third-order valence-corrected chi connectivity index (χ3v) is 4.09. The van der Waals surface area contributed by atoms with Gasteiger partial charge in [-0.3, -0.25) is 4.79 Å². The molecule has 17 heavy (non-hydrogen) atoms. The van der Waals surface area contributed by atoms with Crippen LogP contribution in [0.15, 0.2) is 0 Å². The number of hydrogen-bond acceptors (Lipinski definition) is 2. The molecule has 1 amide bonds. The smallest absolute Gasteiger partial charge is 0.223 e. The Bertz CT molecular complexity index is 234. The van der Waals surface area contributed by atoms with E-state index in [4.69, 9.17) is 5.11 Å². The van der Waals surface area contributed by atoms with E-state index in [1.54, 1.807) is 0 Å². The second-order valence-corrected chi connectivity index (χ2v) is 5.57. The van der Waals surface area contributed by atoms with Gasteiger partial charge in [0.25, 0.3) is 0 Å². The molecule has 1 aliphatic carbocycles. The van der Waals surface area contributed by atoms with Crippen molar-refractivity contribution in [2.24, 2.45) is 5.92 Å². The zero-order valence-electron chi connectivity index (χ0n) is 11.3. The highest BCUT2D eigenvalue weighted by Gasteiger charge is 2.28. The Hall–Kier alpha value is -0.570. The van der Waals surface area contributed by atoms with E-state index < -0.39 is 0 Å². The van der Waals surface area contributed by atoms with Gasteiger partial charge in [-0.1, -0.05) is 32.6 Å². The van der Waals surface area contributed by atoms with Crippen LogP contribution in [0.1, 0.15) is 65.2 Å². The summed E-state index contributed by atoms with van der Waals surface area (Å²) >= 11 is 0. The van der Waals surface area contributed by atoms with Crippen molar-refractivity contribution in [1.29, 1.82) is 0 Å². The minimum absolute atomic E-state index is 0.134. The lowest BCUT2D eigenvalue weighted by atomic mass is 9.92. The van der Waals surface area contributed by atoms with Gasteiger partial charge in [-0.25, -0.2) is 0 Å². The molecule has 0 heterocycles. The normalized spacial score (nSPS) is 21.6. The maximum atomic E-state index is 12.2. The van der Waals surface area contributed by atoms with Crippen LogP contribution in [0.3, 0.4) is 0 Å². The van der Waals surface area contributed by atoms with E-state index in [1.807, 2.05) is 6.92 Å². The lowest BCUT2D eigenvalue weighted by Crippen LogP contribution is -2.48. The maximum absolute atomic E-state index is 12.2. The molecule has 3 heteroatoms. The summed E-state index contributed by atoms with van der Waals surface area (Å²) in [4.78, 5) is 12.2. The molecule has 1 rings (SSSR count). The molecule has 1 atom stereocenters. The second-order valence-electron chi connectivity index (χ2n) is 5.57. The first-order valence-electron chi connectivity index (χ1n) is 7.04. The molecule has 1 fully saturated rings. The van der Waals surface area contributed by atoms with Gasteiger partial charge in [-0.05, 0) is 32.6 Å². The number of rotatable bonds is 5. The summed E-state index contributed by atoms with van der Waals surface area (Å²) in [5.74, 6) is 0.395. The van der Waals surface area contributed by atoms with Crippen molar-refractivity contribution in [3.8, 4) is 0 Å². The van der Waals surface area contributed by atoms with E-state index in [0.717, 1.165) is 19.3 Å². The summed E-state index contributed by atoms with van der Waals surface area (Å²) in [6.07, 6.45) is 8.47. The standard InChI is InChI=1S/C14H27NO2/c1-3-14(2,10-11-16)15-13(17)12-8-6-4-5-7-9-12/h12,16H,3-11H2,1-2H3,(H,15,17). The van der Waals surface area contributed by atoms with Gasteiger partial charge in [-0.2, -0.15) is 0 Å². The Kier molecular flexibility index (Phi) is 5.96. The van der Waals surface area contributed by atoms with E-state index in [-0.39, 0.29) is 24.0 Å². The third-order valence-electron chi connectivity index (χ3n) is 4.09. The van der Waals surface area contributed by atoms with Crippen molar-refractivity contribution in [2.75, 3.05) is 6.61 Å². The quantitative estimate of drug-likeness (QED) is 0.727. The summed E-state index contributed by atoms with van der Waals surface area (Å²) in [7, 11) is 0. The van der Waals surface area contributed by atoms with Gasteiger partial charge in [0.1, 0.15) is 0 Å². The number of amides is 1. The lowest BCUT2D eigenvalue weighted by molar-refractivity contribution is -0.127. The molecule has 1 saturated carbocycles. The Balaban J connectivity index is 2.50. The van der Waals surface area contributed by atoms with E-state index in [2.05, 4.69) is 12.2 Å². The average molecular weight is 241 g/mol. The van der Waals surface area contributed by atoms with Crippen LogP contribution in [-0.2, 0) is 4.79 Å². The predicted octanol–water partition coefficient (Wildman–Crippen LogP) is 2.62. The van der Waals surface area contributed by atoms with Crippen LogP contribution in [0.2, 0.25) is 0 Å². The summed E-state index contributed by atoms with van der Waals surface area (Å²) in [5, 5.41) is 12.2. The molecule has 2 N–H and O–H groups in total. The highest BCUT2D eigenvalue weighted by Crippen LogP contribution is 2.24. The molecule has 0 radical (unpaired) electrons. The summed E-state index contributed by atoms with van der Waals surface area (Å²) in [6, 6.07) is 0. The Labute approximate surface area is 105 Å².